The van der Waals surface area contributed by atoms with Gasteiger partial charge in [0.15, 0.2) is 0 Å². The van der Waals surface area contributed by atoms with Crippen LogP contribution in [0.1, 0.15) is 25.0 Å². The fourth-order valence-electron chi connectivity index (χ4n) is 1.32. The van der Waals surface area contributed by atoms with Crippen molar-refractivity contribution < 1.29 is 5.11 Å². The molecule has 0 amide bonds. The summed E-state index contributed by atoms with van der Waals surface area (Å²) >= 11 is 11.5. The van der Waals surface area contributed by atoms with E-state index in [4.69, 9.17) is 45.3 Å². The van der Waals surface area contributed by atoms with Crippen molar-refractivity contribution in [2.24, 2.45) is 0 Å². The number of hydrogen-bond acceptors (Lipinski definition) is 3. The molecule has 0 bridgehead atoms. The van der Waals surface area contributed by atoms with Crippen LogP contribution in [-0.2, 0) is 0 Å². The molecule has 2 aromatic rings. The van der Waals surface area contributed by atoms with Gasteiger partial charge >= 0.3 is 0 Å². The van der Waals surface area contributed by atoms with Crippen LogP contribution in [-0.4, -0.2) is 10.7 Å². The van der Waals surface area contributed by atoms with E-state index in [0.29, 0.717) is 10.0 Å². The number of nitrogens with zero attached hydrogens (tertiary/aromatic N) is 2. The summed E-state index contributed by atoms with van der Waals surface area (Å²) in [6.45, 7) is 2.88. The Morgan fingerprint density at radius 1 is 1.00 bits per heavy atom. The van der Waals surface area contributed by atoms with Crippen molar-refractivity contribution in [2.75, 3.05) is 0 Å². The van der Waals surface area contributed by atoms with Crippen LogP contribution in [0.15, 0.2) is 54.6 Å². The van der Waals surface area contributed by atoms with Gasteiger partial charge in [0.25, 0.3) is 0 Å². The number of halogens is 2. The maximum Gasteiger partial charge on any atom is 0.145 e. The predicted molar refractivity (Wildman–Crippen MR) is 107 cm³/mol. The van der Waals surface area contributed by atoms with Crippen LogP contribution in [0.2, 0.25) is 10.0 Å². The first kappa shape index (κ1) is 23.3. The van der Waals surface area contributed by atoms with Crippen LogP contribution >= 0.6 is 23.2 Å². The molecule has 5 heteroatoms. The first-order chi connectivity index (χ1) is 12.2. The summed E-state index contributed by atoms with van der Waals surface area (Å²) in [5, 5.41) is 25.9. The molecular formula is C21H18Cl2N2O. The second-order valence-electron chi connectivity index (χ2n) is 5.28. The van der Waals surface area contributed by atoms with Gasteiger partial charge in [0.1, 0.15) is 5.60 Å². The van der Waals surface area contributed by atoms with E-state index in [1.165, 1.54) is 19.9 Å². The highest BCUT2D eigenvalue weighted by molar-refractivity contribution is 6.32. The normalized spacial score (nSPS) is 9.46. The highest BCUT2D eigenvalue weighted by atomic mass is 35.5. The largest absolute Gasteiger partial charge is 0.376 e. The fourth-order valence-corrected chi connectivity index (χ4v) is 1.70. The van der Waals surface area contributed by atoms with E-state index >= 15 is 0 Å². The van der Waals surface area contributed by atoms with Gasteiger partial charge in [0.2, 0.25) is 0 Å². The monoisotopic (exact) mass is 384 g/mol. The predicted octanol–water partition coefficient (Wildman–Crippen LogP) is 5.48. The maximum absolute atomic E-state index is 8.47. The zero-order chi connectivity index (χ0) is 20.0. The highest BCUT2D eigenvalue weighted by Crippen LogP contribution is 2.15. The third kappa shape index (κ3) is 10.9. The van der Waals surface area contributed by atoms with Gasteiger partial charge < -0.3 is 5.11 Å². The molecule has 0 aliphatic carbocycles. The van der Waals surface area contributed by atoms with Gasteiger partial charge in [-0.05, 0) is 43.7 Å². The molecule has 3 nitrogen and oxygen atoms in total. The Bertz CT molecular complexity index is 848. The van der Waals surface area contributed by atoms with Gasteiger partial charge in [-0.2, -0.15) is 10.5 Å². The Morgan fingerprint density at radius 3 is 1.88 bits per heavy atom. The molecule has 2 rings (SSSR count). The quantitative estimate of drug-likeness (QED) is 0.402. The van der Waals surface area contributed by atoms with Gasteiger partial charge in [-0.25, -0.2) is 0 Å². The van der Waals surface area contributed by atoms with Crippen LogP contribution in [0, 0.1) is 35.0 Å². The number of rotatable bonds is 1. The second-order valence-corrected chi connectivity index (χ2v) is 6.09. The third-order valence-electron chi connectivity index (χ3n) is 2.55. The minimum atomic E-state index is -1.15. The molecule has 0 heterocycles. The van der Waals surface area contributed by atoms with Crippen molar-refractivity contribution in [1.29, 1.82) is 10.5 Å². The summed E-state index contributed by atoms with van der Waals surface area (Å²) in [5.74, 6) is 2.46. The standard InChI is InChI=1S/C9H6ClN.C8H5Cl.C4H7NO/c10-9-6-2-1-4-8(9)5-3-7-11;1-2-7-5-3-4-6-8(7)9;1-4(2,6)3-5/h1-6H;1,3-6H;6H,1-2H3/b5-3+;;. The Labute approximate surface area is 164 Å². The molecule has 0 aliphatic heterocycles. The summed E-state index contributed by atoms with van der Waals surface area (Å²) < 4.78 is 0. The second kappa shape index (κ2) is 12.6. The molecule has 0 aromatic heterocycles. The first-order valence-electron chi connectivity index (χ1n) is 7.40. The summed E-state index contributed by atoms with van der Waals surface area (Å²) in [4.78, 5) is 0. The average molecular weight is 385 g/mol. The van der Waals surface area contributed by atoms with Crippen molar-refractivity contribution in [1.82, 2.24) is 0 Å². The molecule has 0 spiro atoms. The molecular weight excluding hydrogens is 367 g/mol. The third-order valence-corrected chi connectivity index (χ3v) is 3.22. The van der Waals surface area contributed by atoms with Crippen molar-refractivity contribution in [3.8, 4) is 24.5 Å². The number of allylic oxidation sites excluding steroid dienone is 1. The zero-order valence-corrected chi connectivity index (χ0v) is 16.0. The van der Waals surface area contributed by atoms with E-state index in [0.717, 1.165) is 11.1 Å². The molecule has 2 aromatic carbocycles. The van der Waals surface area contributed by atoms with Gasteiger partial charge in [-0.15, -0.1) is 6.42 Å². The lowest BCUT2D eigenvalue weighted by Gasteiger charge is -2.00. The maximum atomic E-state index is 8.47. The molecule has 0 aliphatic rings. The Balaban J connectivity index is 0.000000378. The van der Waals surface area contributed by atoms with Crippen LogP contribution in [0.25, 0.3) is 6.08 Å². The van der Waals surface area contributed by atoms with Gasteiger partial charge in [-0.1, -0.05) is 59.5 Å². The van der Waals surface area contributed by atoms with Gasteiger partial charge in [0, 0.05) is 16.7 Å². The van der Waals surface area contributed by atoms with E-state index in [1.54, 1.807) is 24.3 Å². The lowest BCUT2D eigenvalue weighted by atomic mass is 10.2. The van der Waals surface area contributed by atoms with E-state index in [-0.39, 0.29) is 0 Å². The zero-order valence-electron chi connectivity index (χ0n) is 14.4. The van der Waals surface area contributed by atoms with Crippen molar-refractivity contribution in [2.45, 2.75) is 19.4 Å². The number of nitriles is 2. The molecule has 0 atom stereocenters. The molecule has 0 saturated carbocycles. The summed E-state index contributed by atoms with van der Waals surface area (Å²) in [6.07, 6.45) is 8.20. The van der Waals surface area contributed by atoms with Gasteiger partial charge in [0.05, 0.1) is 17.2 Å². The van der Waals surface area contributed by atoms with Gasteiger partial charge in [-0.3, -0.25) is 0 Å². The molecule has 26 heavy (non-hydrogen) atoms. The SMILES string of the molecule is C#Cc1ccccc1Cl.CC(C)(O)C#N.N#C/C=C/c1ccccc1Cl. The smallest absolute Gasteiger partial charge is 0.145 e. The Morgan fingerprint density at radius 2 is 1.50 bits per heavy atom. The Kier molecular flexibility index (Phi) is 11.3. The lowest BCUT2D eigenvalue weighted by molar-refractivity contribution is 0.141. The molecule has 1 N–H and O–H groups in total. The van der Waals surface area contributed by atoms with Crippen molar-refractivity contribution >= 4 is 29.3 Å². The van der Waals surface area contributed by atoms with E-state index in [9.17, 15) is 0 Å². The van der Waals surface area contributed by atoms with Crippen LogP contribution in [0.4, 0.5) is 0 Å². The van der Waals surface area contributed by atoms with E-state index in [1.807, 2.05) is 42.5 Å². The van der Waals surface area contributed by atoms with E-state index in [2.05, 4.69) is 5.92 Å². The average Bonchev–Trinajstić information content (AvgIpc) is 2.62. The molecule has 132 valence electrons. The fraction of sp³-hybridized carbons (Fsp3) is 0.143. The van der Waals surface area contributed by atoms with Crippen LogP contribution in [0.3, 0.4) is 0 Å². The minimum Gasteiger partial charge on any atom is -0.376 e. The molecule has 0 radical (unpaired) electrons. The molecule has 0 fully saturated rings. The Hall–Kier alpha value is -2.74. The van der Waals surface area contributed by atoms with Crippen molar-refractivity contribution in [3.05, 3.63) is 75.8 Å². The highest BCUT2D eigenvalue weighted by Gasteiger charge is 2.07. The summed E-state index contributed by atoms with van der Waals surface area (Å²) in [7, 11) is 0. The topological polar surface area (TPSA) is 67.8 Å². The van der Waals surface area contributed by atoms with Crippen LogP contribution in [0.5, 0.6) is 0 Å². The summed E-state index contributed by atoms with van der Waals surface area (Å²) in [6, 6.07) is 18.2. The van der Waals surface area contributed by atoms with Crippen LogP contribution < -0.4 is 0 Å². The number of hydrogen-bond donors (Lipinski definition) is 1. The number of terminal acetylenes is 1. The number of aliphatic hydroxyl groups is 1. The molecule has 0 unspecified atom stereocenters. The van der Waals surface area contributed by atoms with E-state index < -0.39 is 5.60 Å². The minimum absolute atomic E-state index is 0.639. The summed E-state index contributed by atoms with van der Waals surface area (Å²) in [5.41, 5.74) is 0.467. The lowest BCUT2D eigenvalue weighted by Crippen LogP contribution is -2.13. The number of benzene rings is 2. The molecule has 0 saturated heterocycles. The first-order valence-corrected chi connectivity index (χ1v) is 8.16. The van der Waals surface area contributed by atoms with Crippen molar-refractivity contribution in [3.63, 3.8) is 0 Å².